The predicted molar refractivity (Wildman–Crippen MR) is 69.4 cm³/mol. The van der Waals surface area contributed by atoms with E-state index in [1.165, 1.54) is 10.7 Å². The zero-order valence-electron chi connectivity index (χ0n) is 10.7. The third kappa shape index (κ3) is 2.37. The average molecular weight is 280 g/mol. The van der Waals surface area contributed by atoms with E-state index in [-0.39, 0.29) is 12.0 Å². The molecule has 1 fully saturated rings. The average Bonchev–Trinajstić information content (AvgIpc) is 2.87. The smallest absolute Gasteiger partial charge is 0.508 e. The molecule has 1 aromatic heterocycles. The molecular weight excluding hydrogens is 266 g/mol. The predicted octanol–water partition coefficient (Wildman–Crippen LogP) is 1.22. The highest BCUT2D eigenvalue weighted by molar-refractivity contribution is 6.34. The molecule has 1 atom stereocenters. The molecule has 2 aromatic rings. The standard InChI is InChI=1S/C12H14BFN2O4/c14-9-5-4-8-7-15-16(10-3-1-2-6-19-10)11(8)12(9)20-13(17)18/h4-5,7,10,17-18H,1-3,6H2. The van der Waals surface area contributed by atoms with Crippen LogP contribution in [-0.4, -0.2) is 33.8 Å². The summed E-state index contributed by atoms with van der Waals surface area (Å²) in [7, 11) is -2.09. The van der Waals surface area contributed by atoms with Gasteiger partial charge in [0.2, 0.25) is 0 Å². The minimum Gasteiger partial charge on any atom is -0.508 e. The van der Waals surface area contributed by atoms with E-state index in [0.29, 0.717) is 17.5 Å². The van der Waals surface area contributed by atoms with Gasteiger partial charge in [-0.15, -0.1) is 0 Å². The lowest BCUT2D eigenvalue weighted by molar-refractivity contribution is -0.0368. The van der Waals surface area contributed by atoms with Crippen LogP contribution in [0.25, 0.3) is 10.9 Å². The maximum atomic E-state index is 13.9. The lowest BCUT2D eigenvalue weighted by atomic mass is 10.1. The Labute approximate surface area is 114 Å². The molecule has 1 aliphatic heterocycles. The van der Waals surface area contributed by atoms with Gasteiger partial charge in [-0.3, -0.25) is 0 Å². The Hall–Kier alpha value is -1.64. The van der Waals surface area contributed by atoms with Crippen LogP contribution in [0, 0.1) is 5.82 Å². The highest BCUT2D eigenvalue weighted by atomic mass is 19.1. The van der Waals surface area contributed by atoms with Gasteiger partial charge in [0.15, 0.2) is 17.8 Å². The molecule has 3 rings (SSSR count). The van der Waals surface area contributed by atoms with Gasteiger partial charge in [-0.1, -0.05) is 0 Å². The summed E-state index contributed by atoms with van der Waals surface area (Å²) in [4.78, 5) is 0. The van der Waals surface area contributed by atoms with Crippen molar-refractivity contribution in [3.63, 3.8) is 0 Å². The molecule has 20 heavy (non-hydrogen) atoms. The molecule has 0 radical (unpaired) electrons. The molecule has 2 heterocycles. The van der Waals surface area contributed by atoms with Gasteiger partial charge in [0, 0.05) is 12.0 Å². The number of rotatable bonds is 3. The maximum Gasteiger partial charge on any atom is 0.707 e. The van der Waals surface area contributed by atoms with E-state index < -0.39 is 13.1 Å². The summed E-state index contributed by atoms with van der Waals surface area (Å²) in [5.74, 6) is -0.910. The third-order valence-electron chi connectivity index (χ3n) is 3.32. The molecule has 8 heteroatoms. The molecule has 1 saturated heterocycles. The number of ether oxygens (including phenoxy) is 1. The first-order valence-electron chi connectivity index (χ1n) is 6.47. The van der Waals surface area contributed by atoms with Gasteiger partial charge in [0.25, 0.3) is 0 Å². The molecule has 1 aromatic carbocycles. The first kappa shape index (κ1) is 13.4. The van der Waals surface area contributed by atoms with Crippen molar-refractivity contribution in [3.05, 3.63) is 24.1 Å². The molecular formula is C12H14BFN2O4. The molecule has 0 spiro atoms. The van der Waals surface area contributed by atoms with Crippen molar-refractivity contribution in [1.29, 1.82) is 0 Å². The van der Waals surface area contributed by atoms with Crippen molar-refractivity contribution >= 4 is 18.2 Å². The third-order valence-corrected chi connectivity index (χ3v) is 3.32. The van der Waals surface area contributed by atoms with Crippen LogP contribution in [0.3, 0.4) is 0 Å². The summed E-state index contributed by atoms with van der Waals surface area (Å²) >= 11 is 0. The van der Waals surface area contributed by atoms with Crippen LogP contribution in [0.15, 0.2) is 18.3 Å². The second-order valence-corrected chi connectivity index (χ2v) is 4.67. The fraction of sp³-hybridized carbons (Fsp3) is 0.417. The Kier molecular flexibility index (Phi) is 3.60. The molecule has 0 aliphatic carbocycles. The van der Waals surface area contributed by atoms with Gasteiger partial charge < -0.3 is 19.4 Å². The van der Waals surface area contributed by atoms with Crippen molar-refractivity contribution < 1.29 is 23.8 Å². The van der Waals surface area contributed by atoms with Crippen molar-refractivity contribution in [2.24, 2.45) is 0 Å². The van der Waals surface area contributed by atoms with Crippen LogP contribution >= 0.6 is 0 Å². The molecule has 0 bridgehead atoms. The van der Waals surface area contributed by atoms with Crippen LogP contribution in [0.5, 0.6) is 5.75 Å². The van der Waals surface area contributed by atoms with E-state index >= 15 is 0 Å². The van der Waals surface area contributed by atoms with E-state index in [2.05, 4.69) is 5.10 Å². The number of aromatic nitrogens is 2. The molecule has 1 aliphatic rings. The zero-order valence-corrected chi connectivity index (χ0v) is 10.7. The summed E-state index contributed by atoms with van der Waals surface area (Å²) in [6, 6.07) is 2.77. The summed E-state index contributed by atoms with van der Waals surface area (Å²) in [6.07, 6.45) is 4.04. The summed E-state index contributed by atoms with van der Waals surface area (Å²) in [5.41, 5.74) is 0.366. The highest BCUT2D eigenvalue weighted by Crippen LogP contribution is 2.33. The minimum atomic E-state index is -2.09. The normalized spacial score (nSPS) is 19.2. The first-order chi connectivity index (χ1) is 9.66. The minimum absolute atomic E-state index is 0.232. The van der Waals surface area contributed by atoms with Crippen LogP contribution in [0.1, 0.15) is 25.5 Å². The Morgan fingerprint density at radius 3 is 2.95 bits per heavy atom. The van der Waals surface area contributed by atoms with E-state index in [4.69, 9.17) is 19.4 Å². The van der Waals surface area contributed by atoms with E-state index in [9.17, 15) is 4.39 Å². The second kappa shape index (κ2) is 5.39. The number of halogens is 1. The molecule has 6 nitrogen and oxygen atoms in total. The topological polar surface area (TPSA) is 76.7 Å². The van der Waals surface area contributed by atoms with Crippen molar-refractivity contribution in [2.45, 2.75) is 25.5 Å². The van der Waals surface area contributed by atoms with Gasteiger partial charge in [-0.05, 0) is 31.4 Å². The van der Waals surface area contributed by atoms with E-state index in [0.717, 1.165) is 19.3 Å². The number of benzene rings is 1. The van der Waals surface area contributed by atoms with Gasteiger partial charge in [-0.25, -0.2) is 9.07 Å². The van der Waals surface area contributed by atoms with Crippen molar-refractivity contribution in [2.75, 3.05) is 6.61 Å². The number of nitrogens with zero attached hydrogens (tertiary/aromatic N) is 2. The maximum absolute atomic E-state index is 13.9. The van der Waals surface area contributed by atoms with Gasteiger partial charge in [0.1, 0.15) is 5.52 Å². The van der Waals surface area contributed by atoms with Gasteiger partial charge in [-0.2, -0.15) is 5.10 Å². The molecule has 2 N–H and O–H groups in total. The monoisotopic (exact) mass is 280 g/mol. The Morgan fingerprint density at radius 2 is 2.25 bits per heavy atom. The Balaban J connectivity index is 2.10. The van der Waals surface area contributed by atoms with E-state index in [1.54, 1.807) is 12.3 Å². The van der Waals surface area contributed by atoms with Crippen LogP contribution < -0.4 is 4.65 Å². The van der Waals surface area contributed by atoms with E-state index in [1.807, 2.05) is 0 Å². The molecule has 0 amide bonds. The lowest BCUT2D eigenvalue weighted by Crippen LogP contribution is -2.23. The number of hydrogen-bond acceptors (Lipinski definition) is 5. The fourth-order valence-electron chi connectivity index (χ4n) is 2.44. The summed E-state index contributed by atoms with van der Waals surface area (Å²) in [6.45, 7) is 0.625. The van der Waals surface area contributed by atoms with Gasteiger partial charge in [0.05, 0.1) is 6.20 Å². The second-order valence-electron chi connectivity index (χ2n) is 4.67. The van der Waals surface area contributed by atoms with Crippen LogP contribution in [0.2, 0.25) is 0 Å². The lowest BCUT2D eigenvalue weighted by Gasteiger charge is -2.24. The summed E-state index contributed by atoms with van der Waals surface area (Å²) in [5, 5.41) is 22.7. The largest absolute Gasteiger partial charge is 0.707 e. The van der Waals surface area contributed by atoms with Crippen LogP contribution in [0.4, 0.5) is 4.39 Å². The van der Waals surface area contributed by atoms with Crippen molar-refractivity contribution in [1.82, 2.24) is 9.78 Å². The first-order valence-corrected chi connectivity index (χ1v) is 6.47. The van der Waals surface area contributed by atoms with Crippen LogP contribution in [-0.2, 0) is 4.74 Å². The Bertz CT molecular complexity index is 613. The molecule has 106 valence electrons. The number of fused-ring (bicyclic) bond motifs is 1. The highest BCUT2D eigenvalue weighted by Gasteiger charge is 2.24. The Morgan fingerprint density at radius 1 is 1.40 bits per heavy atom. The van der Waals surface area contributed by atoms with Crippen molar-refractivity contribution in [3.8, 4) is 5.75 Å². The SMILES string of the molecule is OB(O)Oc1c(F)ccc2cnn(C3CCCCO3)c12. The zero-order chi connectivity index (χ0) is 14.1. The quantitative estimate of drug-likeness (QED) is 0.827. The molecule has 1 unspecified atom stereocenters. The fourth-order valence-corrected chi connectivity index (χ4v) is 2.44. The summed E-state index contributed by atoms with van der Waals surface area (Å²) < 4.78 is 25.8. The van der Waals surface area contributed by atoms with Gasteiger partial charge >= 0.3 is 7.32 Å². The molecule has 0 saturated carbocycles. The number of hydrogen-bond donors (Lipinski definition) is 2.